The fourth-order valence-corrected chi connectivity index (χ4v) is 1.33. The van der Waals surface area contributed by atoms with Gasteiger partial charge in [-0.3, -0.25) is 0 Å². The molecule has 0 saturated heterocycles. The highest BCUT2D eigenvalue weighted by Crippen LogP contribution is 2.30. The summed E-state index contributed by atoms with van der Waals surface area (Å²) in [5, 5.41) is 19.3. The number of alkyl halides is 1. The van der Waals surface area contributed by atoms with Gasteiger partial charge in [-0.2, -0.15) is 5.26 Å². The molecular formula is C12H10BrNO2. The number of nitrogens with zero attached hydrogens (tertiary/aromatic N) is 1. The van der Waals surface area contributed by atoms with Crippen molar-refractivity contribution in [1.29, 1.82) is 5.26 Å². The van der Waals surface area contributed by atoms with Crippen LogP contribution in [-0.4, -0.2) is 17.5 Å². The van der Waals surface area contributed by atoms with Crippen LogP contribution in [0.15, 0.2) is 12.1 Å². The first kappa shape index (κ1) is 12.4. The van der Waals surface area contributed by atoms with Crippen LogP contribution in [0, 0.1) is 23.2 Å². The Kier molecular flexibility index (Phi) is 4.69. The lowest BCUT2D eigenvalue weighted by molar-refractivity contribution is 0.372. The number of hydrogen-bond acceptors (Lipinski definition) is 3. The molecule has 3 nitrogen and oxygen atoms in total. The van der Waals surface area contributed by atoms with Crippen LogP contribution in [-0.2, 0) is 0 Å². The van der Waals surface area contributed by atoms with Crippen LogP contribution in [0.1, 0.15) is 17.5 Å². The minimum Gasteiger partial charge on any atom is -0.503 e. The van der Waals surface area contributed by atoms with Gasteiger partial charge in [0.05, 0.1) is 24.3 Å². The Bertz CT molecular complexity index is 480. The van der Waals surface area contributed by atoms with E-state index >= 15 is 0 Å². The zero-order chi connectivity index (χ0) is 12.0. The van der Waals surface area contributed by atoms with E-state index in [1.165, 1.54) is 13.2 Å². The largest absolute Gasteiger partial charge is 0.503 e. The predicted molar refractivity (Wildman–Crippen MR) is 64.7 cm³/mol. The molecule has 0 atom stereocenters. The average Bonchev–Trinajstić information content (AvgIpc) is 2.31. The predicted octanol–water partition coefficient (Wildman–Crippen LogP) is 2.41. The molecule has 1 aromatic carbocycles. The Morgan fingerprint density at radius 2 is 2.25 bits per heavy atom. The molecule has 0 aliphatic heterocycles. The van der Waals surface area contributed by atoms with E-state index in [2.05, 4.69) is 27.8 Å². The van der Waals surface area contributed by atoms with Crippen molar-refractivity contribution < 1.29 is 9.84 Å². The van der Waals surface area contributed by atoms with Crippen LogP contribution < -0.4 is 4.74 Å². The molecule has 0 heterocycles. The van der Waals surface area contributed by atoms with Crippen molar-refractivity contribution in [2.75, 3.05) is 12.4 Å². The van der Waals surface area contributed by atoms with Gasteiger partial charge in [0.25, 0.3) is 0 Å². The summed E-state index contributed by atoms with van der Waals surface area (Å²) in [7, 11) is 1.44. The third kappa shape index (κ3) is 2.92. The van der Waals surface area contributed by atoms with Crippen LogP contribution >= 0.6 is 15.9 Å². The SMILES string of the molecule is COc1cc(C#N)cc(C#CCCBr)c1O. The zero-order valence-corrected chi connectivity index (χ0v) is 10.3. The second kappa shape index (κ2) is 6.05. The van der Waals surface area contributed by atoms with Crippen LogP contribution in [0.5, 0.6) is 11.5 Å². The third-order valence-electron chi connectivity index (χ3n) is 1.87. The van der Waals surface area contributed by atoms with Gasteiger partial charge in [-0.1, -0.05) is 27.8 Å². The van der Waals surface area contributed by atoms with Gasteiger partial charge in [-0.15, -0.1) is 0 Å². The molecule has 1 rings (SSSR count). The maximum Gasteiger partial charge on any atom is 0.173 e. The summed E-state index contributed by atoms with van der Waals surface area (Å²) in [5.74, 6) is 5.92. The van der Waals surface area contributed by atoms with Gasteiger partial charge in [-0.05, 0) is 6.07 Å². The Balaban J connectivity index is 3.19. The Labute approximate surface area is 103 Å². The Morgan fingerprint density at radius 1 is 1.50 bits per heavy atom. The summed E-state index contributed by atoms with van der Waals surface area (Å²) in [6, 6.07) is 5.01. The smallest absolute Gasteiger partial charge is 0.173 e. The van der Waals surface area contributed by atoms with Crippen molar-refractivity contribution in [2.24, 2.45) is 0 Å². The van der Waals surface area contributed by atoms with E-state index in [1.807, 2.05) is 6.07 Å². The first-order valence-corrected chi connectivity index (χ1v) is 5.71. The fraction of sp³-hybridized carbons (Fsp3) is 0.250. The average molecular weight is 280 g/mol. The maximum absolute atomic E-state index is 9.76. The van der Waals surface area contributed by atoms with Crippen molar-refractivity contribution in [3.05, 3.63) is 23.3 Å². The number of benzene rings is 1. The van der Waals surface area contributed by atoms with E-state index in [-0.39, 0.29) is 11.5 Å². The van der Waals surface area contributed by atoms with E-state index in [9.17, 15) is 5.11 Å². The van der Waals surface area contributed by atoms with Gasteiger partial charge >= 0.3 is 0 Å². The maximum atomic E-state index is 9.76. The molecule has 0 radical (unpaired) electrons. The quantitative estimate of drug-likeness (QED) is 0.668. The summed E-state index contributed by atoms with van der Waals surface area (Å²) >= 11 is 3.26. The number of aromatic hydroxyl groups is 1. The molecule has 0 fully saturated rings. The number of methoxy groups -OCH3 is 1. The third-order valence-corrected chi connectivity index (χ3v) is 2.26. The van der Waals surface area contributed by atoms with Crippen LogP contribution in [0.25, 0.3) is 0 Å². The van der Waals surface area contributed by atoms with E-state index in [0.29, 0.717) is 17.5 Å². The van der Waals surface area contributed by atoms with Gasteiger partial charge in [-0.25, -0.2) is 0 Å². The van der Waals surface area contributed by atoms with Gasteiger partial charge in [0.1, 0.15) is 0 Å². The van der Waals surface area contributed by atoms with Gasteiger partial charge in [0.2, 0.25) is 0 Å². The second-order valence-corrected chi connectivity index (χ2v) is 3.72. The fourth-order valence-electron chi connectivity index (χ4n) is 1.13. The molecule has 0 spiro atoms. The molecule has 1 aromatic rings. The van der Waals surface area contributed by atoms with Crippen molar-refractivity contribution in [3.8, 4) is 29.4 Å². The zero-order valence-electron chi connectivity index (χ0n) is 8.75. The van der Waals surface area contributed by atoms with E-state index < -0.39 is 0 Å². The lowest BCUT2D eigenvalue weighted by Crippen LogP contribution is -1.89. The minimum absolute atomic E-state index is 0.0245. The summed E-state index contributed by atoms with van der Waals surface area (Å²) in [6.07, 6.45) is 0.679. The highest BCUT2D eigenvalue weighted by molar-refractivity contribution is 9.09. The van der Waals surface area contributed by atoms with Crippen LogP contribution in [0.3, 0.4) is 0 Å². The molecule has 0 unspecified atom stereocenters. The molecule has 0 aromatic heterocycles. The molecule has 0 bridgehead atoms. The lowest BCUT2D eigenvalue weighted by Gasteiger charge is -2.05. The molecular weight excluding hydrogens is 270 g/mol. The number of nitriles is 1. The molecule has 1 N–H and O–H groups in total. The number of halogens is 1. The molecule has 0 aliphatic rings. The number of phenolic OH excluding ortho intramolecular Hbond substituents is 1. The topological polar surface area (TPSA) is 53.2 Å². The molecule has 4 heteroatoms. The number of ether oxygens (including phenoxy) is 1. The summed E-state index contributed by atoms with van der Waals surface area (Å²) in [6.45, 7) is 0. The van der Waals surface area contributed by atoms with Gasteiger partial charge < -0.3 is 9.84 Å². The monoisotopic (exact) mass is 279 g/mol. The van der Waals surface area contributed by atoms with Crippen molar-refractivity contribution in [3.63, 3.8) is 0 Å². The highest BCUT2D eigenvalue weighted by atomic mass is 79.9. The molecule has 0 aliphatic carbocycles. The second-order valence-electron chi connectivity index (χ2n) is 2.93. The summed E-state index contributed by atoms with van der Waals surface area (Å²) in [4.78, 5) is 0. The van der Waals surface area contributed by atoms with E-state index in [4.69, 9.17) is 10.00 Å². The van der Waals surface area contributed by atoms with Crippen molar-refractivity contribution >= 4 is 15.9 Å². The number of rotatable bonds is 2. The van der Waals surface area contributed by atoms with E-state index in [1.54, 1.807) is 6.07 Å². The first-order valence-electron chi connectivity index (χ1n) is 4.59. The van der Waals surface area contributed by atoms with E-state index in [0.717, 1.165) is 5.33 Å². The van der Waals surface area contributed by atoms with Crippen LogP contribution in [0.4, 0.5) is 0 Å². The molecule has 16 heavy (non-hydrogen) atoms. The summed E-state index contributed by atoms with van der Waals surface area (Å²) < 4.78 is 4.96. The van der Waals surface area contributed by atoms with Gasteiger partial charge in [0.15, 0.2) is 11.5 Å². The standard InChI is InChI=1S/C12H10BrNO2/c1-16-11-7-9(8-14)6-10(12(11)15)4-2-3-5-13/h6-7,15H,3,5H2,1H3. The molecule has 0 saturated carbocycles. The molecule has 82 valence electrons. The highest BCUT2D eigenvalue weighted by Gasteiger charge is 2.08. The van der Waals surface area contributed by atoms with Crippen molar-refractivity contribution in [2.45, 2.75) is 6.42 Å². The van der Waals surface area contributed by atoms with Gasteiger partial charge in [0, 0.05) is 17.8 Å². The van der Waals surface area contributed by atoms with Crippen LogP contribution in [0.2, 0.25) is 0 Å². The summed E-state index contributed by atoms with van der Waals surface area (Å²) in [5.41, 5.74) is 0.828. The molecule has 0 amide bonds. The van der Waals surface area contributed by atoms with Crippen molar-refractivity contribution in [1.82, 2.24) is 0 Å². The number of phenols is 1. The first-order chi connectivity index (χ1) is 7.72. The Hall–Kier alpha value is -1.65. The number of hydrogen-bond donors (Lipinski definition) is 1. The normalized spacial score (nSPS) is 8.81. The lowest BCUT2D eigenvalue weighted by atomic mass is 10.1. The minimum atomic E-state index is -0.0245. The Morgan fingerprint density at radius 3 is 2.81 bits per heavy atom.